The third-order valence-corrected chi connectivity index (χ3v) is 4.13. The van der Waals surface area contributed by atoms with Gasteiger partial charge in [-0.05, 0) is 35.9 Å². The van der Waals surface area contributed by atoms with Gasteiger partial charge in [0.1, 0.15) is 5.01 Å². The molecule has 0 aliphatic rings. The third-order valence-electron chi connectivity index (χ3n) is 3.13. The first-order valence-electron chi connectivity index (χ1n) is 6.62. The van der Waals surface area contributed by atoms with Crippen molar-refractivity contribution in [2.24, 2.45) is 0 Å². The lowest BCUT2D eigenvalue weighted by atomic mass is 10.1. The van der Waals surface area contributed by atoms with E-state index in [1.165, 1.54) is 4.70 Å². The smallest absolute Gasteiger partial charge is 0.251 e. The average Bonchev–Trinajstić information content (AvgIpc) is 2.95. The molecule has 1 amide bonds. The topological polar surface area (TPSA) is 42.0 Å². The normalized spacial score (nSPS) is 11.1. The summed E-state index contributed by atoms with van der Waals surface area (Å²) in [4.78, 5) is 16.0. The molecular formula is C17H14N2OS. The molecule has 0 saturated carbocycles. The molecule has 21 heavy (non-hydrogen) atoms. The molecule has 3 aromatic rings. The molecule has 4 heteroatoms. The number of hydrogen-bond donors (Lipinski definition) is 1. The zero-order chi connectivity index (χ0) is 14.7. The van der Waals surface area contributed by atoms with E-state index >= 15 is 0 Å². The van der Waals surface area contributed by atoms with Crippen molar-refractivity contribution in [1.82, 2.24) is 10.3 Å². The highest BCUT2D eigenvalue weighted by molar-refractivity contribution is 7.19. The molecule has 1 aromatic heterocycles. The Morgan fingerprint density at radius 3 is 2.57 bits per heavy atom. The zero-order valence-electron chi connectivity index (χ0n) is 11.5. The molecule has 2 aromatic carbocycles. The molecule has 1 heterocycles. The molecule has 0 atom stereocenters. The number of amides is 1. The number of thiazole rings is 1. The zero-order valence-corrected chi connectivity index (χ0v) is 12.4. The van der Waals surface area contributed by atoms with Crippen LogP contribution in [0.5, 0.6) is 0 Å². The summed E-state index contributed by atoms with van der Waals surface area (Å²) in [5.41, 5.74) is 2.73. The van der Waals surface area contributed by atoms with Crippen molar-refractivity contribution >= 4 is 39.6 Å². The van der Waals surface area contributed by atoms with Gasteiger partial charge in [0, 0.05) is 12.6 Å². The predicted octanol–water partition coefficient (Wildman–Crippen LogP) is 3.83. The molecule has 0 spiro atoms. The lowest BCUT2D eigenvalue weighted by Gasteiger charge is -1.99. The Kier molecular flexibility index (Phi) is 3.79. The summed E-state index contributed by atoms with van der Waals surface area (Å²) in [6.07, 6.45) is 4.00. The Bertz CT molecular complexity index is 770. The first-order valence-corrected chi connectivity index (χ1v) is 7.44. The van der Waals surface area contributed by atoms with Gasteiger partial charge in [-0.2, -0.15) is 0 Å². The van der Waals surface area contributed by atoms with Gasteiger partial charge in [-0.3, -0.25) is 4.79 Å². The Balaban J connectivity index is 1.80. The largest absolute Gasteiger partial charge is 0.355 e. The van der Waals surface area contributed by atoms with Crippen LogP contribution in [-0.2, 0) is 0 Å². The van der Waals surface area contributed by atoms with E-state index in [9.17, 15) is 4.79 Å². The van der Waals surface area contributed by atoms with Gasteiger partial charge in [-0.15, -0.1) is 11.3 Å². The van der Waals surface area contributed by atoms with Crippen molar-refractivity contribution in [2.75, 3.05) is 7.05 Å². The van der Waals surface area contributed by atoms with Gasteiger partial charge in [0.25, 0.3) is 5.91 Å². The number of nitrogens with zero attached hydrogens (tertiary/aromatic N) is 1. The van der Waals surface area contributed by atoms with Crippen LogP contribution in [0.25, 0.3) is 22.4 Å². The second-order valence-corrected chi connectivity index (χ2v) is 5.62. The average molecular weight is 294 g/mol. The number of fused-ring (bicyclic) bond motifs is 1. The molecule has 0 fully saturated rings. The number of para-hydroxylation sites is 1. The van der Waals surface area contributed by atoms with Gasteiger partial charge in [0.2, 0.25) is 0 Å². The number of rotatable bonds is 3. The van der Waals surface area contributed by atoms with Crippen molar-refractivity contribution in [1.29, 1.82) is 0 Å². The van der Waals surface area contributed by atoms with Crippen molar-refractivity contribution in [3.05, 3.63) is 64.7 Å². The predicted molar refractivity (Wildman–Crippen MR) is 88.4 cm³/mol. The monoisotopic (exact) mass is 294 g/mol. The minimum Gasteiger partial charge on any atom is -0.355 e. The second kappa shape index (κ2) is 5.89. The maximum Gasteiger partial charge on any atom is 0.251 e. The lowest BCUT2D eigenvalue weighted by molar-refractivity contribution is 0.0963. The molecule has 0 aliphatic carbocycles. The Hall–Kier alpha value is -2.46. The fourth-order valence-corrected chi connectivity index (χ4v) is 2.89. The van der Waals surface area contributed by atoms with E-state index in [0.29, 0.717) is 5.56 Å². The summed E-state index contributed by atoms with van der Waals surface area (Å²) >= 11 is 1.67. The standard InChI is InChI=1S/C17H14N2OS/c1-18-17(20)13-9-6-12(7-10-13)8-11-16-19-14-4-2-3-5-15(14)21-16/h2-11H,1H3,(H,18,20). The van der Waals surface area contributed by atoms with Crippen molar-refractivity contribution in [2.45, 2.75) is 0 Å². The van der Waals surface area contributed by atoms with Crippen molar-refractivity contribution < 1.29 is 4.79 Å². The van der Waals surface area contributed by atoms with Crippen LogP contribution in [0.2, 0.25) is 0 Å². The number of carbonyl (C=O) groups is 1. The molecule has 0 unspecified atom stereocenters. The highest BCUT2D eigenvalue weighted by Crippen LogP contribution is 2.23. The van der Waals surface area contributed by atoms with E-state index in [1.54, 1.807) is 18.4 Å². The molecule has 0 aliphatic heterocycles. The van der Waals surface area contributed by atoms with Gasteiger partial charge in [0.15, 0.2) is 0 Å². The van der Waals surface area contributed by atoms with Gasteiger partial charge >= 0.3 is 0 Å². The Morgan fingerprint density at radius 2 is 1.86 bits per heavy atom. The van der Waals surface area contributed by atoms with Crippen LogP contribution < -0.4 is 5.32 Å². The third kappa shape index (κ3) is 3.01. The van der Waals surface area contributed by atoms with Crippen LogP contribution in [0, 0.1) is 0 Å². The summed E-state index contributed by atoms with van der Waals surface area (Å²) in [6.45, 7) is 0. The second-order valence-electron chi connectivity index (χ2n) is 4.55. The van der Waals surface area contributed by atoms with Gasteiger partial charge in [-0.1, -0.05) is 30.3 Å². The van der Waals surface area contributed by atoms with Gasteiger partial charge in [-0.25, -0.2) is 4.98 Å². The number of benzene rings is 2. The molecule has 0 saturated heterocycles. The van der Waals surface area contributed by atoms with E-state index in [0.717, 1.165) is 16.1 Å². The summed E-state index contributed by atoms with van der Waals surface area (Å²) in [6, 6.07) is 15.6. The van der Waals surface area contributed by atoms with Crippen LogP contribution in [0.1, 0.15) is 20.9 Å². The van der Waals surface area contributed by atoms with E-state index in [2.05, 4.69) is 16.4 Å². The number of hydrogen-bond acceptors (Lipinski definition) is 3. The fraction of sp³-hybridized carbons (Fsp3) is 0.0588. The minimum atomic E-state index is -0.0725. The first-order chi connectivity index (χ1) is 10.3. The summed E-state index contributed by atoms with van der Waals surface area (Å²) in [5, 5.41) is 3.59. The minimum absolute atomic E-state index is 0.0725. The molecule has 0 bridgehead atoms. The maximum absolute atomic E-state index is 11.5. The number of aromatic nitrogens is 1. The Labute approximate surface area is 127 Å². The van der Waals surface area contributed by atoms with Crippen LogP contribution in [0.4, 0.5) is 0 Å². The molecule has 104 valence electrons. The van der Waals surface area contributed by atoms with E-state index in [4.69, 9.17) is 0 Å². The highest BCUT2D eigenvalue weighted by atomic mass is 32.1. The molecule has 0 radical (unpaired) electrons. The molecule has 1 N–H and O–H groups in total. The van der Waals surface area contributed by atoms with Crippen molar-refractivity contribution in [3.63, 3.8) is 0 Å². The van der Waals surface area contributed by atoms with Gasteiger partial charge < -0.3 is 5.32 Å². The summed E-state index contributed by atoms with van der Waals surface area (Å²) in [5.74, 6) is -0.0725. The molecule has 3 rings (SSSR count). The van der Waals surface area contributed by atoms with E-state index in [-0.39, 0.29) is 5.91 Å². The number of carbonyl (C=O) groups excluding carboxylic acids is 1. The van der Waals surface area contributed by atoms with Crippen LogP contribution in [0.3, 0.4) is 0 Å². The fourth-order valence-electron chi connectivity index (χ4n) is 2.02. The van der Waals surface area contributed by atoms with E-state index in [1.807, 2.05) is 54.6 Å². The Morgan fingerprint density at radius 1 is 1.10 bits per heavy atom. The van der Waals surface area contributed by atoms with Crippen LogP contribution in [0.15, 0.2) is 48.5 Å². The molecule has 3 nitrogen and oxygen atoms in total. The molecular weight excluding hydrogens is 280 g/mol. The van der Waals surface area contributed by atoms with Crippen molar-refractivity contribution in [3.8, 4) is 0 Å². The van der Waals surface area contributed by atoms with Crippen LogP contribution in [-0.4, -0.2) is 17.9 Å². The highest BCUT2D eigenvalue weighted by Gasteiger charge is 2.02. The lowest BCUT2D eigenvalue weighted by Crippen LogP contribution is -2.17. The van der Waals surface area contributed by atoms with Gasteiger partial charge in [0.05, 0.1) is 10.2 Å². The quantitative estimate of drug-likeness (QED) is 0.797. The maximum atomic E-state index is 11.5. The SMILES string of the molecule is CNC(=O)c1ccc(C=Cc2nc3ccccc3s2)cc1. The van der Waals surface area contributed by atoms with Crippen LogP contribution >= 0.6 is 11.3 Å². The summed E-state index contributed by atoms with van der Waals surface area (Å²) < 4.78 is 1.19. The summed E-state index contributed by atoms with van der Waals surface area (Å²) in [7, 11) is 1.63. The van der Waals surface area contributed by atoms with E-state index < -0.39 is 0 Å². The first kappa shape index (κ1) is 13.5. The number of nitrogens with one attached hydrogen (secondary N) is 1.